The van der Waals surface area contributed by atoms with Crippen LogP contribution in [0.2, 0.25) is 10.0 Å². The van der Waals surface area contributed by atoms with Gasteiger partial charge >= 0.3 is 0 Å². The molecule has 2 heterocycles. The molecule has 2 aromatic rings. The van der Waals surface area contributed by atoms with Gasteiger partial charge in [-0.05, 0) is 62.4 Å². The van der Waals surface area contributed by atoms with Crippen LogP contribution in [0.1, 0.15) is 47.0 Å². The number of nitrogens with zero attached hydrogens (tertiary/aromatic N) is 1. The maximum atomic E-state index is 12.9. The summed E-state index contributed by atoms with van der Waals surface area (Å²) in [6.07, 6.45) is 3.90. The highest BCUT2D eigenvalue weighted by molar-refractivity contribution is 7.89. The van der Waals surface area contributed by atoms with E-state index < -0.39 is 15.9 Å². The molecular formula is C20H23Cl2N3O3S2. The lowest BCUT2D eigenvalue weighted by Gasteiger charge is -2.27. The minimum Gasteiger partial charge on any atom is -0.350 e. The molecule has 1 saturated heterocycles. The molecular weight excluding hydrogens is 465 g/mol. The van der Waals surface area contributed by atoms with Crippen molar-refractivity contribution in [1.82, 2.24) is 14.9 Å². The van der Waals surface area contributed by atoms with Crippen LogP contribution in [0.15, 0.2) is 34.5 Å². The molecule has 2 aliphatic rings. The van der Waals surface area contributed by atoms with Crippen LogP contribution >= 0.6 is 34.5 Å². The third-order valence-electron chi connectivity index (χ3n) is 5.36. The van der Waals surface area contributed by atoms with Crippen molar-refractivity contribution in [2.45, 2.75) is 42.7 Å². The largest absolute Gasteiger partial charge is 0.350 e. The fourth-order valence-corrected chi connectivity index (χ4v) is 6.65. The Kier molecular flexibility index (Phi) is 6.72. The van der Waals surface area contributed by atoms with E-state index in [2.05, 4.69) is 21.0 Å². The molecule has 30 heavy (non-hydrogen) atoms. The Morgan fingerprint density at radius 1 is 1.20 bits per heavy atom. The first-order valence-corrected chi connectivity index (χ1v) is 13.0. The van der Waals surface area contributed by atoms with Crippen molar-refractivity contribution in [2.24, 2.45) is 0 Å². The molecule has 162 valence electrons. The SMILES string of the molecule is O=C(NCC(c1cccs1)N1CCCC1)c1cc(S(=O)(=O)NC2CC2)c(Cl)cc1Cl. The maximum absolute atomic E-state index is 12.9. The fourth-order valence-electron chi connectivity index (χ4n) is 3.62. The lowest BCUT2D eigenvalue weighted by Crippen LogP contribution is -2.36. The van der Waals surface area contributed by atoms with E-state index >= 15 is 0 Å². The second-order valence-corrected chi connectivity index (χ2v) is 11.1. The Labute approximate surface area is 190 Å². The molecule has 6 nitrogen and oxygen atoms in total. The number of hydrogen-bond acceptors (Lipinski definition) is 5. The first kappa shape index (κ1) is 22.0. The zero-order valence-electron chi connectivity index (χ0n) is 16.2. The fraction of sp³-hybridized carbons (Fsp3) is 0.450. The summed E-state index contributed by atoms with van der Waals surface area (Å²) in [7, 11) is -3.81. The number of carbonyl (C=O) groups is 1. The van der Waals surface area contributed by atoms with Gasteiger partial charge in [0.15, 0.2) is 0 Å². The highest BCUT2D eigenvalue weighted by Crippen LogP contribution is 2.31. The van der Waals surface area contributed by atoms with Crippen LogP contribution in [0.4, 0.5) is 0 Å². The first-order chi connectivity index (χ1) is 14.3. The van der Waals surface area contributed by atoms with Gasteiger partial charge in [0.05, 0.1) is 21.7 Å². The van der Waals surface area contributed by atoms with Crippen LogP contribution in [0.3, 0.4) is 0 Å². The molecule has 1 aliphatic heterocycles. The van der Waals surface area contributed by atoms with Gasteiger partial charge in [-0.25, -0.2) is 13.1 Å². The van der Waals surface area contributed by atoms with Gasteiger partial charge in [-0.1, -0.05) is 29.3 Å². The zero-order chi connectivity index (χ0) is 21.3. The van der Waals surface area contributed by atoms with Gasteiger partial charge in [0, 0.05) is 17.5 Å². The summed E-state index contributed by atoms with van der Waals surface area (Å²) in [5, 5.41) is 5.09. The van der Waals surface area contributed by atoms with E-state index in [9.17, 15) is 13.2 Å². The Hall–Kier alpha value is -1.16. The Morgan fingerprint density at radius 3 is 2.57 bits per heavy atom. The van der Waals surface area contributed by atoms with Crippen LogP contribution in [-0.2, 0) is 10.0 Å². The van der Waals surface area contributed by atoms with Crippen LogP contribution in [0.25, 0.3) is 0 Å². The van der Waals surface area contributed by atoms with Crippen molar-refractivity contribution in [2.75, 3.05) is 19.6 Å². The third kappa shape index (κ3) is 5.00. The Bertz CT molecular complexity index is 1020. The van der Waals surface area contributed by atoms with Crippen LogP contribution in [-0.4, -0.2) is 44.9 Å². The summed E-state index contributed by atoms with van der Waals surface area (Å²) in [5.74, 6) is -0.416. The number of carbonyl (C=O) groups excluding carboxylic acids is 1. The average Bonchev–Trinajstić information content (AvgIpc) is 3.13. The van der Waals surface area contributed by atoms with Crippen molar-refractivity contribution in [3.8, 4) is 0 Å². The number of halogens is 2. The lowest BCUT2D eigenvalue weighted by molar-refractivity contribution is 0.0938. The molecule has 1 unspecified atom stereocenters. The number of amides is 1. The molecule has 1 aliphatic carbocycles. The van der Waals surface area contributed by atoms with E-state index in [0.29, 0.717) is 6.54 Å². The summed E-state index contributed by atoms with van der Waals surface area (Å²) >= 11 is 14.0. The molecule has 1 amide bonds. The average molecular weight is 488 g/mol. The summed E-state index contributed by atoms with van der Waals surface area (Å²) in [5.41, 5.74) is 0.101. The number of nitrogens with one attached hydrogen (secondary N) is 2. The Balaban J connectivity index is 1.53. The second kappa shape index (κ2) is 9.14. The summed E-state index contributed by atoms with van der Waals surface area (Å²) in [4.78, 5) is 16.3. The van der Waals surface area contributed by atoms with Crippen LogP contribution in [0.5, 0.6) is 0 Å². The van der Waals surface area contributed by atoms with Gasteiger partial charge in [0.1, 0.15) is 4.90 Å². The Morgan fingerprint density at radius 2 is 1.93 bits per heavy atom. The first-order valence-electron chi connectivity index (χ1n) is 9.92. The molecule has 2 N–H and O–H groups in total. The van der Waals surface area contributed by atoms with E-state index in [1.807, 2.05) is 11.4 Å². The summed E-state index contributed by atoms with van der Waals surface area (Å²) < 4.78 is 27.8. The van der Waals surface area contributed by atoms with Crippen molar-refractivity contribution < 1.29 is 13.2 Å². The third-order valence-corrected chi connectivity index (χ3v) is 8.64. The minimum atomic E-state index is -3.81. The van der Waals surface area contributed by atoms with Crippen molar-refractivity contribution >= 4 is 50.5 Å². The van der Waals surface area contributed by atoms with Gasteiger partial charge < -0.3 is 5.32 Å². The predicted molar refractivity (Wildman–Crippen MR) is 120 cm³/mol. The highest BCUT2D eigenvalue weighted by Gasteiger charge is 2.31. The standard InChI is InChI=1S/C20H23Cl2N3O3S2/c21-15-11-16(22)19(30(27,28)24-13-5-6-13)10-14(15)20(26)23-12-17(18-4-3-9-29-18)25-7-1-2-8-25/h3-4,9-11,13,17,24H,1-2,5-8,12H2,(H,23,26). The number of benzene rings is 1. The normalized spacial score (nSPS) is 18.5. The van der Waals surface area contributed by atoms with Gasteiger partial charge in [0.2, 0.25) is 10.0 Å². The summed E-state index contributed by atoms with van der Waals surface area (Å²) in [6.45, 7) is 2.41. The van der Waals surface area contributed by atoms with Crippen LogP contribution in [0, 0.1) is 0 Å². The van der Waals surface area contributed by atoms with E-state index in [1.54, 1.807) is 11.3 Å². The van der Waals surface area contributed by atoms with Crippen LogP contribution < -0.4 is 10.0 Å². The summed E-state index contributed by atoms with van der Waals surface area (Å²) in [6, 6.07) is 6.68. The number of thiophene rings is 1. The monoisotopic (exact) mass is 487 g/mol. The smallest absolute Gasteiger partial charge is 0.252 e. The molecule has 1 atom stereocenters. The van der Waals surface area contributed by atoms with Gasteiger partial charge in [-0.2, -0.15) is 0 Å². The molecule has 1 aromatic carbocycles. The quantitative estimate of drug-likeness (QED) is 0.588. The predicted octanol–water partition coefficient (Wildman–Crippen LogP) is 4.06. The number of rotatable bonds is 8. The topological polar surface area (TPSA) is 78.5 Å². The molecule has 0 radical (unpaired) electrons. The zero-order valence-corrected chi connectivity index (χ0v) is 19.4. The van der Waals surface area contributed by atoms with Gasteiger partial charge in [-0.15, -0.1) is 11.3 Å². The highest BCUT2D eigenvalue weighted by atomic mass is 35.5. The lowest BCUT2D eigenvalue weighted by atomic mass is 10.1. The number of hydrogen-bond donors (Lipinski definition) is 2. The molecule has 2 fully saturated rings. The van der Waals surface area contributed by atoms with E-state index in [1.165, 1.54) is 17.0 Å². The van der Waals surface area contributed by atoms with E-state index in [4.69, 9.17) is 23.2 Å². The maximum Gasteiger partial charge on any atom is 0.252 e. The number of likely N-dealkylation sites (tertiary alicyclic amines) is 1. The van der Waals surface area contributed by atoms with Gasteiger partial charge in [-0.3, -0.25) is 9.69 Å². The second-order valence-electron chi connectivity index (χ2n) is 7.64. The molecule has 0 bridgehead atoms. The number of sulfonamides is 1. The molecule has 0 spiro atoms. The van der Waals surface area contributed by atoms with Crippen molar-refractivity contribution in [3.05, 3.63) is 50.1 Å². The van der Waals surface area contributed by atoms with Crippen molar-refractivity contribution in [1.29, 1.82) is 0 Å². The van der Waals surface area contributed by atoms with E-state index in [0.717, 1.165) is 38.8 Å². The van der Waals surface area contributed by atoms with Gasteiger partial charge in [0.25, 0.3) is 5.91 Å². The van der Waals surface area contributed by atoms with E-state index in [-0.39, 0.29) is 32.6 Å². The molecule has 1 saturated carbocycles. The minimum absolute atomic E-state index is 0.00164. The molecule has 10 heteroatoms. The van der Waals surface area contributed by atoms with Crippen molar-refractivity contribution in [3.63, 3.8) is 0 Å². The molecule has 4 rings (SSSR count). The molecule has 1 aromatic heterocycles.